The molecule has 8 rings (SSSR count). The molecule has 0 aliphatic carbocycles. The van der Waals surface area contributed by atoms with Crippen molar-refractivity contribution in [2.45, 2.75) is 58.5 Å². The van der Waals surface area contributed by atoms with Crippen LogP contribution in [0.25, 0.3) is 38.7 Å². The van der Waals surface area contributed by atoms with Gasteiger partial charge in [-0.05, 0) is 106 Å². The molecular weight excluding hydrogens is 709 g/mol. The maximum Gasteiger partial charge on any atom is 0.410 e. The number of ether oxygens (including phenoxy) is 3. The lowest BCUT2D eigenvalue weighted by molar-refractivity contribution is -0.164. The summed E-state index contributed by atoms with van der Waals surface area (Å²) in [6.45, 7) is 7.19. The number of furan rings is 1. The van der Waals surface area contributed by atoms with Crippen LogP contribution in [-0.4, -0.2) is 63.1 Å². The number of aromatic nitrogens is 3. The predicted molar refractivity (Wildman–Crippen MR) is 216 cm³/mol. The summed E-state index contributed by atoms with van der Waals surface area (Å²) in [4.78, 5) is 32.9. The van der Waals surface area contributed by atoms with Gasteiger partial charge in [0, 0.05) is 53.0 Å². The SMILES string of the molecule is CC(C)(C)OC(=O)N(CCOC1CCCCO1)Cc1ccc(C(=O)Nc2ccc(Nc3nc(-c4cccc5c4oc4ccccc45)cc4ccnn34)cc2)cc1. The van der Waals surface area contributed by atoms with E-state index in [0.29, 0.717) is 43.5 Å². The monoisotopic (exact) mass is 752 g/mol. The van der Waals surface area contributed by atoms with Crippen molar-refractivity contribution in [1.29, 1.82) is 0 Å². The van der Waals surface area contributed by atoms with E-state index in [4.69, 9.17) is 23.6 Å². The van der Waals surface area contributed by atoms with E-state index in [2.05, 4.69) is 27.9 Å². The molecule has 0 saturated carbocycles. The zero-order valence-electron chi connectivity index (χ0n) is 31.7. The number of nitrogens with one attached hydrogen (secondary N) is 2. The fourth-order valence-corrected chi connectivity index (χ4v) is 6.75. The zero-order valence-corrected chi connectivity index (χ0v) is 31.7. The molecular formula is C44H44N6O6. The van der Waals surface area contributed by atoms with Gasteiger partial charge in [0.05, 0.1) is 24.0 Å². The number of hydrogen-bond donors (Lipinski definition) is 2. The van der Waals surface area contributed by atoms with E-state index in [1.165, 1.54) is 0 Å². The fraction of sp³-hybridized carbons (Fsp3) is 0.273. The molecule has 12 nitrogen and oxygen atoms in total. The molecule has 3 aromatic heterocycles. The molecule has 2 N–H and O–H groups in total. The number of hydrogen-bond acceptors (Lipinski definition) is 9. The molecule has 56 heavy (non-hydrogen) atoms. The first-order valence-corrected chi connectivity index (χ1v) is 18.9. The normalized spacial score (nSPS) is 14.6. The van der Waals surface area contributed by atoms with Crippen molar-refractivity contribution in [2.75, 3.05) is 30.4 Å². The van der Waals surface area contributed by atoms with Gasteiger partial charge in [-0.3, -0.25) is 4.79 Å². The topological polar surface area (TPSA) is 132 Å². The second-order valence-electron chi connectivity index (χ2n) is 14.8. The van der Waals surface area contributed by atoms with Crippen molar-refractivity contribution in [2.24, 2.45) is 0 Å². The number of carbonyl (C=O) groups is 2. The summed E-state index contributed by atoms with van der Waals surface area (Å²) in [6, 6.07) is 32.6. The van der Waals surface area contributed by atoms with E-state index in [0.717, 1.165) is 69.2 Å². The summed E-state index contributed by atoms with van der Waals surface area (Å²) in [5, 5.41) is 12.9. The maximum atomic E-state index is 13.3. The lowest BCUT2D eigenvalue weighted by atomic mass is 10.1. The first-order valence-electron chi connectivity index (χ1n) is 18.9. The van der Waals surface area contributed by atoms with Gasteiger partial charge in [-0.15, -0.1) is 0 Å². The number of anilines is 3. The van der Waals surface area contributed by atoms with Crippen molar-refractivity contribution < 1.29 is 28.2 Å². The van der Waals surface area contributed by atoms with Crippen LogP contribution in [0.15, 0.2) is 114 Å². The maximum absolute atomic E-state index is 13.3. The number of benzene rings is 4. The van der Waals surface area contributed by atoms with Crippen LogP contribution in [0.3, 0.4) is 0 Å². The Hall–Kier alpha value is -6.24. The number of carbonyl (C=O) groups excluding carboxylic acids is 2. The van der Waals surface area contributed by atoms with Crippen molar-refractivity contribution in [1.82, 2.24) is 19.5 Å². The molecule has 4 heterocycles. The van der Waals surface area contributed by atoms with E-state index in [1.54, 1.807) is 27.7 Å². The van der Waals surface area contributed by atoms with Crippen LogP contribution in [0.1, 0.15) is 56.0 Å². The summed E-state index contributed by atoms with van der Waals surface area (Å²) in [5.41, 5.74) is 6.20. The highest BCUT2D eigenvalue weighted by Crippen LogP contribution is 2.36. The highest BCUT2D eigenvalue weighted by molar-refractivity contribution is 6.09. The minimum atomic E-state index is -0.639. The number of rotatable bonds is 11. The third-order valence-corrected chi connectivity index (χ3v) is 9.51. The lowest BCUT2D eigenvalue weighted by Crippen LogP contribution is -2.39. The first kappa shape index (κ1) is 36.7. The zero-order chi connectivity index (χ0) is 38.6. The summed E-state index contributed by atoms with van der Waals surface area (Å²) in [7, 11) is 0. The van der Waals surface area contributed by atoms with E-state index in [1.807, 2.05) is 99.6 Å². The molecule has 2 amide bonds. The number of fused-ring (bicyclic) bond motifs is 4. The van der Waals surface area contributed by atoms with Crippen LogP contribution in [0.4, 0.5) is 22.1 Å². The highest BCUT2D eigenvalue weighted by Gasteiger charge is 2.24. The van der Waals surface area contributed by atoms with E-state index >= 15 is 0 Å². The van der Waals surface area contributed by atoms with E-state index in [9.17, 15) is 9.59 Å². The van der Waals surface area contributed by atoms with Crippen molar-refractivity contribution in [3.05, 3.63) is 120 Å². The summed E-state index contributed by atoms with van der Waals surface area (Å²) in [6.07, 6.45) is 4.02. The largest absolute Gasteiger partial charge is 0.455 e. The van der Waals surface area contributed by atoms with Crippen LogP contribution in [0, 0.1) is 0 Å². The first-order chi connectivity index (χ1) is 27.2. The van der Waals surface area contributed by atoms with Gasteiger partial charge in [-0.2, -0.15) is 5.10 Å². The summed E-state index contributed by atoms with van der Waals surface area (Å²) in [5.74, 6) is 0.276. The smallest absolute Gasteiger partial charge is 0.410 e. The van der Waals surface area contributed by atoms with Crippen molar-refractivity contribution in [3.63, 3.8) is 0 Å². The van der Waals surface area contributed by atoms with Crippen LogP contribution >= 0.6 is 0 Å². The molecule has 4 aromatic carbocycles. The Morgan fingerprint density at radius 2 is 1.70 bits per heavy atom. The molecule has 286 valence electrons. The van der Waals surface area contributed by atoms with Gasteiger partial charge in [0.15, 0.2) is 6.29 Å². The summed E-state index contributed by atoms with van der Waals surface area (Å²) >= 11 is 0. The molecule has 0 radical (unpaired) electrons. The van der Waals surface area contributed by atoms with E-state index < -0.39 is 11.7 Å². The Kier molecular flexibility index (Phi) is 10.4. The van der Waals surface area contributed by atoms with Crippen LogP contribution in [0.5, 0.6) is 0 Å². The quantitative estimate of drug-likeness (QED) is 0.133. The van der Waals surface area contributed by atoms with Gasteiger partial charge in [-0.1, -0.05) is 42.5 Å². The van der Waals surface area contributed by atoms with Crippen LogP contribution in [0.2, 0.25) is 0 Å². The fourth-order valence-electron chi connectivity index (χ4n) is 6.75. The van der Waals surface area contributed by atoms with Gasteiger partial charge < -0.3 is 34.2 Å². The molecule has 1 saturated heterocycles. The van der Waals surface area contributed by atoms with Crippen LogP contribution < -0.4 is 10.6 Å². The second-order valence-corrected chi connectivity index (χ2v) is 14.8. The molecule has 12 heteroatoms. The van der Waals surface area contributed by atoms with Gasteiger partial charge in [-0.25, -0.2) is 14.3 Å². The summed E-state index contributed by atoms with van der Waals surface area (Å²) < 4.78 is 25.3. The molecule has 1 aliphatic heterocycles. The highest BCUT2D eigenvalue weighted by atomic mass is 16.7. The van der Waals surface area contributed by atoms with Gasteiger partial charge >= 0.3 is 6.09 Å². The third kappa shape index (κ3) is 8.36. The average molecular weight is 753 g/mol. The molecule has 1 fully saturated rings. The number of nitrogens with zero attached hydrogens (tertiary/aromatic N) is 4. The van der Waals surface area contributed by atoms with Crippen molar-refractivity contribution in [3.8, 4) is 11.3 Å². The minimum absolute atomic E-state index is 0.243. The Morgan fingerprint density at radius 3 is 2.48 bits per heavy atom. The lowest BCUT2D eigenvalue weighted by Gasteiger charge is -2.29. The standard InChI is InChI=1S/C44H44N6O6/c1-44(2,3)56-43(52)49(24-26-54-39-13-6-7-25-53-39)28-29-14-16-30(17-15-29)41(51)46-31-18-20-32(21-19-31)47-42-48-37(27-33-22-23-45-50(33)42)36-11-8-10-35-34-9-4-5-12-38(34)55-40(35)36/h4-5,8-12,14-23,27,39H,6-7,13,24-26,28H2,1-3H3,(H,46,51)(H,47,48). The van der Waals surface area contributed by atoms with Gasteiger partial charge in [0.2, 0.25) is 5.95 Å². The predicted octanol–water partition coefficient (Wildman–Crippen LogP) is 9.57. The number of para-hydroxylation sites is 2. The minimum Gasteiger partial charge on any atom is -0.455 e. The van der Waals surface area contributed by atoms with Gasteiger partial charge in [0.1, 0.15) is 16.8 Å². The third-order valence-electron chi connectivity index (χ3n) is 9.51. The Labute approximate surface area is 324 Å². The molecule has 7 aromatic rings. The molecule has 1 unspecified atom stereocenters. The molecule has 1 atom stereocenters. The van der Waals surface area contributed by atoms with Crippen LogP contribution in [-0.2, 0) is 20.8 Å². The van der Waals surface area contributed by atoms with Crippen molar-refractivity contribution >= 4 is 56.8 Å². The Balaban J connectivity index is 0.924. The second kappa shape index (κ2) is 15.9. The van der Waals surface area contributed by atoms with E-state index in [-0.39, 0.29) is 12.2 Å². The van der Waals surface area contributed by atoms with Gasteiger partial charge in [0.25, 0.3) is 5.91 Å². The Bertz CT molecular complexity index is 2480. The molecule has 0 spiro atoms. The average Bonchev–Trinajstić information content (AvgIpc) is 3.83. The molecule has 1 aliphatic rings. The number of amides is 2. The molecule has 0 bridgehead atoms. The Morgan fingerprint density at radius 1 is 0.911 bits per heavy atom.